The fourth-order valence-corrected chi connectivity index (χ4v) is 4.62. The van der Waals surface area contributed by atoms with Crippen LogP contribution in [0.1, 0.15) is 28.0 Å². The maximum Gasteiger partial charge on any atom is 0.400 e. The Kier molecular flexibility index (Phi) is 6.54. The van der Waals surface area contributed by atoms with Gasteiger partial charge in [0, 0.05) is 40.6 Å². The average molecular weight is 494 g/mol. The van der Waals surface area contributed by atoms with Crippen molar-refractivity contribution in [2.45, 2.75) is 24.6 Å². The number of carbonyl (C=O) groups is 1. The van der Waals surface area contributed by atoms with Crippen LogP contribution in [0, 0.1) is 0 Å². The summed E-state index contributed by atoms with van der Waals surface area (Å²) in [6.45, 7) is 0.219. The van der Waals surface area contributed by atoms with Crippen molar-refractivity contribution >= 4 is 34.8 Å². The van der Waals surface area contributed by atoms with E-state index < -0.39 is 11.6 Å². The molecule has 1 saturated heterocycles. The van der Waals surface area contributed by atoms with Crippen molar-refractivity contribution in [1.29, 1.82) is 0 Å². The quantitative estimate of drug-likeness (QED) is 0.471. The van der Waals surface area contributed by atoms with E-state index in [1.807, 2.05) is 6.07 Å². The van der Waals surface area contributed by atoms with Crippen LogP contribution in [0.2, 0.25) is 10.0 Å². The molecule has 1 fully saturated rings. The van der Waals surface area contributed by atoms with Gasteiger partial charge in [-0.1, -0.05) is 29.3 Å². The van der Waals surface area contributed by atoms with Gasteiger partial charge < -0.3 is 10.2 Å². The second-order valence-corrected chi connectivity index (χ2v) is 8.83. The van der Waals surface area contributed by atoms with E-state index in [-0.39, 0.29) is 47.6 Å². The number of benzene rings is 2. The standard InChI is InChI=1S/C24H20Cl2F3N3O/c25-18-11-17(12-19(26)13-18)23(24(27,28)29)8-10-32(15-23)21-6-4-16(5-7-21)22(33)31-14-20-3-1-2-9-30-20/h1-7,9,11-13H,8,10,14-15H2,(H,31,33). The first-order chi connectivity index (χ1) is 15.7. The fraction of sp³-hybridized carbons (Fsp3) is 0.250. The molecular weight excluding hydrogens is 474 g/mol. The molecule has 1 unspecified atom stereocenters. The summed E-state index contributed by atoms with van der Waals surface area (Å²) in [6, 6.07) is 16.0. The van der Waals surface area contributed by atoms with Gasteiger partial charge in [0.05, 0.1) is 12.2 Å². The van der Waals surface area contributed by atoms with Gasteiger partial charge in [0.15, 0.2) is 0 Å². The molecule has 33 heavy (non-hydrogen) atoms. The van der Waals surface area contributed by atoms with Crippen LogP contribution in [-0.4, -0.2) is 30.2 Å². The topological polar surface area (TPSA) is 45.2 Å². The van der Waals surface area contributed by atoms with E-state index in [2.05, 4.69) is 10.3 Å². The second kappa shape index (κ2) is 9.23. The number of pyridine rings is 1. The third-order valence-electron chi connectivity index (χ3n) is 5.88. The molecule has 2 aromatic carbocycles. The highest BCUT2D eigenvalue weighted by molar-refractivity contribution is 6.34. The molecule has 172 valence electrons. The monoisotopic (exact) mass is 493 g/mol. The zero-order chi connectivity index (χ0) is 23.6. The van der Waals surface area contributed by atoms with E-state index in [0.29, 0.717) is 11.3 Å². The zero-order valence-electron chi connectivity index (χ0n) is 17.4. The number of hydrogen-bond donors (Lipinski definition) is 1. The maximum absolute atomic E-state index is 14.3. The van der Waals surface area contributed by atoms with E-state index in [0.717, 1.165) is 5.69 Å². The molecule has 0 spiro atoms. The van der Waals surface area contributed by atoms with Crippen molar-refractivity contribution < 1.29 is 18.0 Å². The minimum atomic E-state index is -4.49. The van der Waals surface area contributed by atoms with Crippen molar-refractivity contribution in [3.05, 3.63) is 93.7 Å². The van der Waals surface area contributed by atoms with E-state index in [9.17, 15) is 18.0 Å². The highest BCUT2D eigenvalue weighted by Crippen LogP contribution is 2.49. The third kappa shape index (κ3) is 4.94. The molecule has 0 radical (unpaired) electrons. The number of nitrogens with one attached hydrogen (secondary N) is 1. The molecule has 1 aliphatic heterocycles. The molecule has 0 saturated carbocycles. The van der Waals surface area contributed by atoms with Gasteiger partial charge in [-0.2, -0.15) is 13.2 Å². The van der Waals surface area contributed by atoms with Crippen LogP contribution in [0.3, 0.4) is 0 Å². The van der Waals surface area contributed by atoms with Crippen molar-refractivity contribution in [2.24, 2.45) is 0 Å². The van der Waals surface area contributed by atoms with Gasteiger partial charge in [-0.25, -0.2) is 0 Å². The molecule has 0 aliphatic carbocycles. The first kappa shape index (κ1) is 23.4. The Hall–Kier alpha value is -2.77. The predicted octanol–water partition coefficient (Wildman–Crippen LogP) is 6.03. The van der Waals surface area contributed by atoms with Gasteiger partial charge in [0.1, 0.15) is 5.41 Å². The van der Waals surface area contributed by atoms with Gasteiger partial charge in [0.25, 0.3) is 5.91 Å². The molecule has 1 aromatic heterocycles. The van der Waals surface area contributed by atoms with Crippen LogP contribution in [0.4, 0.5) is 18.9 Å². The molecule has 1 aliphatic rings. The highest BCUT2D eigenvalue weighted by Gasteiger charge is 2.59. The molecule has 2 heterocycles. The number of hydrogen-bond acceptors (Lipinski definition) is 3. The number of rotatable bonds is 5. The molecular formula is C24H20Cl2F3N3O. The first-order valence-electron chi connectivity index (χ1n) is 10.2. The molecule has 3 aromatic rings. The lowest BCUT2D eigenvalue weighted by Gasteiger charge is -2.33. The van der Waals surface area contributed by atoms with Crippen molar-refractivity contribution in [2.75, 3.05) is 18.0 Å². The van der Waals surface area contributed by atoms with Crippen LogP contribution in [0.15, 0.2) is 66.9 Å². The van der Waals surface area contributed by atoms with Crippen LogP contribution >= 0.6 is 23.2 Å². The molecule has 4 rings (SSSR count). The highest BCUT2D eigenvalue weighted by atomic mass is 35.5. The number of amides is 1. The van der Waals surface area contributed by atoms with Crippen molar-refractivity contribution in [1.82, 2.24) is 10.3 Å². The minimum absolute atomic E-state index is 0.0560. The number of alkyl halides is 3. The Morgan fingerprint density at radius 1 is 1.06 bits per heavy atom. The van der Waals surface area contributed by atoms with Gasteiger partial charge in [-0.15, -0.1) is 0 Å². The summed E-state index contributed by atoms with van der Waals surface area (Å²) in [5.74, 6) is -0.285. The molecule has 1 atom stereocenters. The van der Waals surface area contributed by atoms with E-state index in [1.54, 1.807) is 47.5 Å². The van der Waals surface area contributed by atoms with Crippen molar-refractivity contribution in [3.8, 4) is 0 Å². The molecule has 0 bridgehead atoms. The van der Waals surface area contributed by atoms with E-state index in [1.165, 1.54) is 18.2 Å². The number of halogens is 5. The second-order valence-electron chi connectivity index (χ2n) is 7.96. The summed E-state index contributed by atoms with van der Waals surface area (Å²) in [5, 5.41) is 3.12. The molecule has 1 N–H and O–H groups in total. The van der Waals surface area contributed by atoms with Crippen LogP contribution in [0.5, 0.6) is 0 Å². The van der Waals surface area contributed by atoms with Crippen LogP contribution in [-0.2, 0) is 12.0 Å². The Labute approximate surface area is 199 Å². The Bertz CT molecular complexity index is 1120. The van der Waals surface area contributed by atoms with E-state index in [4.69, 9.17) is 23.2 Å². The Morgan fingerprint density at radius 3 is 2.36 bits per heavy atom. The van der Waals surface area contributed by atoms with Gasteiger partial charge >= 0.3 is 6.18 Å². The summed E-state index contributed by atoms with van der Waals surface area (Å²) >= 11 is 12.0. The zero-order valence-corrected chi connectivity index (χ0v) is 18.9. The smallest absolute Gasteiger partial charge is 0.370 e. The molecule has 9 heteroatoms. The summed E-state index contributed by atoms with van der Waals surface area (Å²) in [5.41, 5.74) is -0.280. The lowest BCUT2D eigenvalue weighted by atomic mass is 9.79. The average Bonchev–Trinajstić information content (AvgIpc) is 3.25. The van der Waals surface area contributed by atoms with Gasteiger partial charge in [-0.05, 0) is 66.6 Å². The SMILES string of the molecule is O=C(NCc1ccccn1)c1ccc(N2CCC(c3cc(Cl)cc(Cl)c3)(C(F)(F)F)C2)cc1. The molecule has 1 amide bonds. The van der Waals surface area contributed by atoms with Gasteiger partial charge in [0.2, 0.25) is 0 Å². The number of anilines is 1. The predicted molar refractivity (Wildman–Crippen MR) is 123 cm³/mol. The lowest BCUT2D eigenvalue weighted by Crippen LogP contribution is -2.44. The largest absolute Gasteiger partial charge is 0.400 e. The number of nitrogens with zero attached hydrogens (tertiary/aromatic N) is 2. The van der Waals surface area contributed by atoms with Crippen molar-refractivity contribution in [3.63, 3.8) is 0 Å². The Balaban J connectivity index is 1.50. The van der Waals surface area contributed by atoms with E-state index >= 15 is 0 Å². The minimum Gasteiger partial charge on any atom is -0.370 e. The Morgan fingerprint density at radius 2 is 1.76 bits per heavy atom. The van der Waals surface area contributed by atoms with Gasteiger partial charge in [-0.3, -0.25) is 9.78 Å². The summed E-state index contributed by atoms with van der Waals surface area (Å²) in [4.78, 5) is 18.2. The normalized spacial score (nSPS) is 18.4. The fourth-order valence-electron chi connectivity index (χ4n) is 4.09. The summed E-state index contributed by atoms with van der Waals surface area (Å²) in [7, 11) is 0. The van der Waals surface area contributed by atoms with Crippen LogP contribution in [0.25, 0.3) is 0 Å². The lowest BCUT2D eigenvalue weighted by molar-refractivity contribution is -0.184. The maximum atomic E-state index is 14.3. The summed E-state index contributed by atoms with van der Waals surface area (Å²) in [6.07, 6.45) is -2.97. The first-order valence-corrected chi connectivity index (χ1v) is 11.0. The number of aromatic nitrogens is 1. The third-order valence-corrected chi connectivity index (χ3v) is 6.31. The molecule has 4 nitrogen and oxygen atoms in total. The number of carbonyl (C=O) groups excluding carboxylic acids is 1. The van der Waals surface area contributed by atoms with Crippen LogP contribution < -0.4 is 10.2 Å². The summed E-state index contributed by atoms with van der Waals surface area (Å²) < 4.78 is 42.8.